The molecule has 0 aliphatic carbocycles. The Morgan fingerprint density at radius 2 is 2.08 bits per heavy atom. The molecule has 12 heavy (non-hydrogen) atoms. The van der Waals surface area contributed by atoms with Crippen molar-refractivity contribution < 1.29 is 19.8 Å². The van der Waals surface area contributed by atoms with E-state index in [4.69, 9.17) is 10.2 Å². The highest BCUT2D eigenvalue weighted by Gasteiger charge is 2.26. The Labute approximate surface area is 68.0 Å². The van der Waals surface area contributed by atoms with Crippen LogP contribution in [0.2, 0.25) is 0 Å². The highest BCUT2D eigenvalue weighted by Crippen LogP contribution is 2.15. The SMILES string of the molecule is O=C(O)C1=CNC=CC1C(=O)O. The van der Waals surface area contributed by atoms with E-state index in [0.717, 1.165) is 0 Å². The molecule has 0 aromatic rings. The first-order chi connectivity index (χ1) is 5.63. The molecule has 1 aliphatic rings. The van der Waals surface area contributed by atoms with E-state index < -0.39 is 17.9 Å². The van der Waals surface area contributed by atoms with Crippen molar-refractivity contribution in [2.45, 2.75) is 0 Å². The van der Waals surface area contributed by atoms with Gasteiger partial charge in [0.15, 0.2) is 0 Å². The van der Waals surface area contributed by atoms with Crippen LogP contribution in [-0.4, -0.2) is 22.2 Å². The normalized spacial score (nSPS) is 21.0. The molecule has 0 amide bonds. The van der Waals surface area contributed by atoms with Gasteiger partial charge in [-0.1, -0.05) is 0 Å². The molecule has 1 heterocycles. The highest BCUT2D eigenvalue weighted by atomic mass is 16.4. The first-order valence-corrected chi connectivity index (χ1v) is 3.22. The number of nitrogens with one attached hydrogen (secondary N) is 1. The molecular weight excluding hydrogens is 162 g/mol. The molecular formula is C7H7NO4. The van der Waals surface area contributed by atoms with Crippen LogP contribution in [-0.2, 0) is 9.59 Å². The molecule has 64 valence electrons. The quantitative estimate of drug-likeness (QED) is 0.531. The van der Waals surface area contributed by atoms with E-state index >= 15 is 0 Å². The van der Waals surface area contributed by atoms with Gasteiger partial charge in [-0.05, 0) is 12.3 Å². The zero-order valence-electron chi connectivity index (χ0n) is 6.02. The molecule has 0 aromatic carbocycles. The van der Waals surface area contributed by atoms with Crippen LogP contribution in [0.3, 0.4) is 0 Å². The second kappa shape index (κ2) is 3.08. The van der Waals surface area contributed by atoms with Crippen LogP contribution in [0.15, 0.2) is 24.0 Å². The van der Waals surface area contributed by atoms with E-state index in [2.05, 4.69) is 5.32 Å². The van der Waals surface area contributed by atoms with Crippen LogP contribution >= 0.6 is 0 Å². The topological polar surface area (TPSA) is 86.6 Å². The van der Waals surface area contributed by atoms with Crippen LogP contribution in [0.25, 0.3) is 0 Å². The fraction of sp³-hybridized carbons (Fsp3) is 0.143. The number of hydrogen-bond acceptors (Lipinski definition) is 3. The van der Waals surface area contributed by atoms with Crippen molar-refractivity contribution in [2.24, 2.45) is 5.92 Å². The average molecular weight is 169 g/mol. The second-order valence-corrected chi connectivity index (χ2v) is 2.25. The molecule has 1 rings (SSSR count). The van der Waals surface area contributed by atoms with Crippen molar-refractivity contribution in [3.8, 4) is 0 Å². The van der Waals surface area contributed by atoms with E-state index in [1.807, 2.05) is 0 Å². The molecule has 0 bridgehead atoms. The minimum absolute atomic E-state index is 0.162. The zero-order chi connectivity index (χ0) is 9.14. The van der Waals surface area contributed by atoms with Crippen molar-refractivity contribution >= 4 is 11.9 Å². The van der Waals surface area contributed by atoms with Gasteiger partial charge in [0.05, 0.1) is 5.57 Å². The third-order valence-corrected chi connectivity index (χ3v) is 1.47. The number of aliphatic carboxylic acids is 2. The second-order valence-electron chi connectivity index (χ2n) is 2.25. The Kier molecular flexibility index (Phi) is 2.14. The Hall–Kier alpha value is -1.78. The summed E-state index contributed by atoms with van der Waals surface area (Å²) in [6.07, 6.45) is 3.85. The predicted octanol–water partition coefficient (Wildman–Crippen LogP) is -0.227. The van der Waals surface area contributed by atoms with Crippen molar-refractivity contribution in [1.82, 2.24) is 5.32 Å². The molecule has 3 N–H and O–H groups in total. The summed E-state index contributed by atoms with van der Waals surface area (Å²) >= 11 is 0. The summed E-state index contributed by atoms with van der Waals surface area (Å²) in [5.41, 5.74) is -0.162. The number of dihydropyridines is 1. The van der Waals surface area contributed by atoms with Gasteiger partial charge in [-0.3, -0.25) is 4.79 Å². The van der Waals surface area contributed by atoms with Gasteiger partial charge in [-0.15, -0.1) is 0 Å². The Morgan fingerprint density at radius 3 is 2.50 bits per heavy atom. The molecule has 5 nitrogen and oxygen atoms in total. The molecule has 5 heteroatoms. The Bertz CT molecular complexity index is 279. The maximum absolute atomic E-state index is 10.5. The Balaban J connectivity index is 2.90. The average Bonchev–Trinajstić information content (AvgIpc) is 2.04. The fourth-order valence-corrected chi connectivity index (χ4v) is 0.893. The number of hydrogen-bond donors (Lipinski definition) is 3. The zero-order valence-corrected chi connectivity index (χ0v) is 6.02. The van der Waals surface area contributed by atoms with Crippen LogP contribution in [0.4, 0.5) is 0 Å². The summed E-state index contributed by atoms with van der Waals surface area (Å²) in [5.74, 6) is -3.44. The van der Waals surface area contributed by atoms with Crippen LogP contribution in [0, 0.1) is 5.92 Å². The van der Waals surface area contributed by atoms with E-state index in [-0.39, 0.29) is 5.57 Å². The monoisotopic (exact) mass is 169 g/mol. The van der Waals surface area contributed by atoms with E-state index in [9.17, 15) is 9.59 Å². The van der Waals surface area contributed by atoms with Gasteiger partial charge in [0, 0.05) is 6.20 Å². The predicted molar refractivity (Wildman–Crippen MR) is 39.1 cm³/mol. The molecule has 0 saturated heterocycles. The summed E-state index contributed by atoms with van der Waals surface area (Å²) in [6, 6.07) is 0. The van der Waals surface area contributed by atoms with Crippen LogP contribution in [0.5, 0.6) is 0 Å². The molecule has 0 fully saturated rings. The Morgan fingerprint density at radius 1 is 1.42 bits per heavy atom. The van der Waals surface area contributed by atoms with Crippen LogP contribution < -0.4 is 5.32 Å². The van der Waals surface area contributed by atoms with Crippen molar-refractivity contribution in [3.05, 3.63) is 24.0 Å². The van der Waals surface area contributed by atoms with Gasteiger partial charge in [0.2, 0.25) is 0 Å². The van der Waals surface area contributed by atoms with Crippen molar-refractivity contribution in [1.29, 1.82) is 0 Å². The first kappa shape index (κ1) is 8.32. The lowest BCUT2D eigenvalue weighted by Crippen LogP contribution is -2.24. The molecule has 1 atom stereocenters. The molecule has 0 saturated carbocycles. The van der Waals surface area contributed by atoms with E-state index in [1.54, 1.807) is 0 Å². The molecule has 0 aromatic heterocycles. The van der Waals surface area contributed by atoms with Crippen molar-refractivity contribution in [2.75, 3.05) is 0 Å². The summed E-state index contributed by atoms with van der Waals surface area (Å²) in [4.78, 5) is 20.9. The lowest BCUT2D eigenvalue weighted by Gasteiger charge is -2.12. The largest absolute Gasteiger partial charge is 0.481 e. The third kappa shape index (κ3) is 1.45. The molecule has 0 spiro atoms. The molecule has 0 radical (unpaired) electrons. The van der Waals surface area contributed by atoms with Gasteiger partial charge in [0.1, 0.15) is 5.92 Å². The van der Waals surface area contributed by atoms with Gasteiger partial charge in [-0.25, -0.2) is 4.79 Å². The van der Waals surface area contributed by atoms with Gasteiger partial charge >= 0.3 is 11.9 Å². The smallest absolute Gasteiger partial charge is 0.334 e. The third-order valence-electron chi connectivity index (χ3n) is 1.47. The van der Waals surface area contributed by atoms with E-state index in [1.165, 1.54) is 18.5 Å². The van der Waals surface area contributed by atoms with Gasteiger partial charge in [-0.2, -0.15) is 0 Å². The van der Waals surface area contributed by atoms with E-state index in [0.29, 0.717) is 0 Å². The number of carboxylic acid groups (broad SMARTS) is 2. The van der Waals surface area contributed by atoms with Crippen LogP contribution in [0.1, 0.15) is 0 Å². The lowest BCUT2D eigenvalue weighted by atomic mass is 9.99. The number of rotatable bonds is 2. The highest BCUT2D eigenvalue weighted by molar-refractivity contribution is 5.95. The van der Waals surface area contributed by atoms with Gasteiger partial charge < -0.3 is 15.5 Å². The van der Waals surface area contributed by atoms with Crippen molar-refractivity contribution in [3.63, 3.8) is 0 Å². The summed E-state index contributed by atoms with van der Waals surface area (Å²) in [6.45, 7) is 0. The number of carboxylic acids is 2. The maximum atomic E-state index is 10.5. The van der Waals surface area contributed by atoms with Gasteiger partial charge in [0.25, 0.3) is 0 Å². The number of carbonyl (C=O) groups is 2. The minimum atomic E-state index is -1.22. The standard InChI is InChI=1S/C7H7NO4/c9-6(10)4-1-2-8-3-5(4)7(11)12/h1-4,8H,(H,9,10)(H,11,12). The maximum Gasteiger partial charge on any atom is 0.334 e. The lowest BCUT2D eigenvalue weighted by molar-refractivity contribution is -0.142. The summed E-state index contributed by atoms with van der Waals surface area (Å²) < 4.78 is 0. The molecule has 1 aliphatic heterocycles. The molecule has 1 unspecified atom stereocenters. The minimum Gasteiger partial charge on any atom is -0.481 e. The summed E-state index contributed by atoms with van der Waals surface area (Å²) in [5, 5.41) is 19.6. The first-order valence-electron chi connectivity index (χ1n) is 3.22. The fourth-order valence-electron chi connectivity index (χ4n) is 0.893. The summed E-state index contributed by atoms with van der Waals surface area (Å²) in [7, 11) is 0.